The summed E-state index contributed by atoms with van der Waals surface area (Å²) >= 11 is 3.55. The fourth-order valence-electron chi connectivity index (χ4n) is 1.82. The highest BCUT2D eigenvalue weighted by atomic mass is 79.9. The number of carbonyl (C=O) groups is 1. The van der Waals surface area contributed by atoms with Crippen molar-refractivity contribution < 1.29 is 9.53 Å². The summed E-state index contributed by atoms with van der Waals surface area (Å²) in [7, 11) is 0. The second-order valence-electron chi connectivity index (χ2n) is 3.45. The van der Waals surface area contributed by atoms with Crippen LogP contribution in [-0.2, 0) is 16.0 Å². The second kappa shape index (κ2) is 3.73. The van der Waals surface area contributed by atoms with Gasteiger partial charge < -0.3 is 4.74 Å². The van der Waals surface area contributed by atoms with Crippen molar-refractivity contribution in [3.63, 3.8) is 0 Å². The van der Waals surface area contributed by atoms with Gasteiger partial charge in [0.2, 0.25) is 0 Å². The van der Waals surface area contributed by atoms with Crippen LogP contribution >= 0.6 is 15.9 Å². The maximum Gasteiger partial charge on any atom is 0.302 e. The van der Waals surface area contributed by atoms with E-state index in [0.29, 0.717) is 0 Å². The average molecular weight is 255 g/mol. The first kappa shape index (κ1) is 9.71. The smallest absolute Gasteiger partial charge is 0.302 e. The van der Waals surface area contributed by atoms with Crippen LogP contribution in [0.15, 0.2) is 24.3 Å². The summed E-state index contributed by atoms with van der Waals surface area (Å²) < 4.78 is 5.22. The van der Waals surface area contributed by atoms with E-state index >= 15 is 0 Å². The van der Waals surface area contributed by atoms with Crippen LogP contribution in [0, 0.1) is 0 Å². The van der Waals surface area contributed by atoms with Crippen molar-refractivity contribution in [1.82, 2.24) is 0 Å². The van der Waals surface area contributed by atoms with Gasteiger partial charge in [-0.2, -0.15) is 0 Å². The molecule has 1 aliphatic rings. The minimum Gasteiger partial charge on any atom is -0.461 e. The Bertz CT molecular complexity index is 362. The zero-order valence-electron chi connectivity index (χ0n) is 7.87. The highest BCUT2D eigenvalue weighted by Gasteiger charge is 2.32. The second-order valence-corrected chi connectivity index (χ2v) is 4.44. The molecule has 0 heterocycles. The number of halogens is 1. The van der Waals surface area contributed by atoms with Gasteiger partial charge in [0.25, 0.3) is 0 Å². The van der Waals surface area contributed by atoms with Crippen molar-refractivity contribution in [2.24, 2.45) is 0 Å². The SMILES string of the molecule is CC(=O)O[C@@H]1Cc2ccccc2[C@H]1Br. The number of hydrogen-bond acceptors (Lipinski definition) is 2. The Morgan fingerprint density at radius 2 is 2.21 bits per heavy atom. The van der Waals surface area contributed by atoms with Gasteiger partial charge in [0.1, 0.15) is 6.10 Å². The Morgan fingerprint density at radius 3 is 2.86 bits per heavy atom. The number of esters is 1. The predicted octanol–water partition coefficient (Wildman–Crippen LogP) is 2.61. The van der Waals surface area contributed by atoms with E-state index in [1.165, 1.54) is 18.1 Å². The number of rotatable bonds is 1. The summed E-state index contributed by atoms with van der Waals surface area (Å²) in [5.74, 6) is -0.216. The Kier molecular flexibility index (Phi) is 2.59. The van der Waals surface area contributed by atoms with Crippen molar-refractivity contribution in [1.29, 1.82) is 0 Å². The summed E-state index contributed by atoms with van der Waals surface area (Å²) in [4.78, 5) is 11.0. The highest BCUT2D eigenvalue weighted by Crippen LogP contribution is 2.39. The van der Waals surface area contributed by atoms with Crippen LogP contribution in [0.1, 0.15) is 22.9 Å². The van der Waals surface area contributed by atoms with Crippen LogP contribution in [-0.4, -0.2) is 12.1 Å². The molecule has 0 bridgehead atoms. The quantitative estimate of drug-likeness (QED) is 0.569. The van der Waals surface area contributed by atoms with Crippen LogP contribution in [0.2, 0.25) is 0 Å². The topological polar surface area (TPSA) is 26.3 Å². The van der Waals surface area contributed by atoms with Gasteiger partial charge in [0, 0.05) is 13.3 Å². The molecule has 2 atom stereocenters. The monoisotopic (exact) mass is 254 g/mol. The van der Waals surface area contributed by atoms with Crippen LogP contribution < -0.4 is 0 Å². The number of ether oxygens (including phenoxy) is 1. The summed E-state index contributed by atoms with van der Waals surface area (Å²) in [6.45, 7) is 1.45. The van der Waals surface area contributed by atoms with Crippen LogP contribution in [0.4, 0.5) is 0 Å². The molecule has 14 heavy (non-hydrogen) atoms. The molecule has 1 aromatic rings. The highest BCUT2D eigenvalue weighted by molar-refractivity contribution is 9.09. The Hall–Kier alpha value is -0.830. The molecule has 0 saturated heterocycles. The van der Waals surface area contributed by atoms with E-state index in [2.05, 4.69) is 28.1 Å². The van der Waals surface area contributed by atoms with Crippen LogP contribution in [0.5, 0.6) is 0 Å². The van der Waals surface area contributed by atoms with Gasteiger partial charge in [0.05, 0.1) is 4.83 Å². The lowest BCUT2D eigenvalue weighted by Gasteiger charge is -2.13. The molecule has 1 aromatic carbocycles. The first-order valence-electron chi connectivity index (χ1n) is 4.57. The third-order valence-electron chi connectivity index (χ3n) is 2.42. The molecule has 0 aliphatic heterocycles. The number of benzene rings is 1. The van der Waals surface area contributed by atoms with Gasteiger partial charge in [-0.1, -0.05) is 40.2 Å². The third-order valence-corrected chi connectivity index (χ3v) is 3.50. The zero-order chi connectivity index (χ0) is 10.1. The molecule has 0 aromatic heterocycles. The molecule has 0 spiro atoms. The standard InChI is InChI=1S/C11H11BrO2/c1-7(13)14-10-6-8-4-2-3-5-9(8)11(10)12/h2-5,10-11H,6H2,1H3/t10-,11-/m1/s1. The molecule has 0 unspecified atom stereocenters. The van der Waals surface area contributed by atoms with E-state index in [1.54, 1.807) is 0 Å². The van der Waals surface area contributed by atoms with Crippen molar-refractivity contribution in [3.8, 4) is 0 Å². The minimum absolute atomic E-state index is 0.0510. The normalized spacial score (nSPS) is 24.4. The summed E-state index contributed by atoms with van der Waals surface area (Å²) in [6, 6.07) is 8.16. The van der Waals surface area contributed by atoms with Crippen LogP contribution in [0.3, 0.4) is 0 Å². The fourth-order valence-corrected chi connectivity index (χ4v) is 2.57. The molecule has 2 rings (SSSR count). The molecule has 0 radical (unpaired) electrons. The van der Waals surface area contributed by atoms with Crippen molar-refractivity contribution in [2.45, 2.75) is 24.3 Å². The lowest BCUT2D eigenvalue weighted by molar-refractivity contribution is -0.145. The molecule has 2 nitrogen and oxygen atoms in total. The van der Waals surface area contributed by atoms with E-state index in [9.17, 15) is 4.79 Å². The molecule has 0 N–H and O–H groups in total. The Balaban J connectivity index is 2.21. The maximum absolute atomic E-state index is 10.9. The first-order chi connectivity index (χ1) is 6.68. The van der Waals surface area contributed by atoms with E-state index in [4.69, 9.17) is 4.74 Å². The van der Waals surface area contributed by atoms with Gasteiger partial charge in [-0.05, 0) is 11.1 Å². The minimum atomic E-state index is -0.216. The summed E-state index contributed by atoms with van der Waals surface area (Å²) in [5.41, 5.74) is 2.50. The molecule has 1 aliphatic carbocycles. The Morgan fingerprint density at radius 1 is 1.50 bits per heavy atom. The van der Waals surface area contributed by atoms with Gasteiger partial charge in [-0.25, -0.2) is 0 Å². The number of carbonyl (C=O) groups excluding carboxylic acids is 1. The lowest BCUT2D eigenvalue weighted by atomic mass is 10.1. The van der Waals surface area contributed by atoms with Gasteiger partial charge >= 0.3 is 5.97 Å². The molecular weight excluding hydrogens is 244 g/mol. The van der Waals surface area contributed by atoms with E-state index in [1.807, 2.05) is 12.1 Å². The molecular formula is C11H11BrO2. The van der Waals surface area contributed by atoms with E-state index in [0.717, 1.165) is 6.42 Å². The van der Waals surface area contributed by atoms with Crippen molar-refractivity contribution in [2.75, 3.05) is 0 Å². The predicted molar refractivity (Wildman–Crippen MR) is 57.4 cm³/mol. The fraction of sp³-hybridized carbons (Fsp3) is 0.364. The van der Waals surface area contributed by atoms with Gasteiger partial charge in [0.15, 0.2) is 0 Å². The van der Waals surface area contributed by atoms with E-state index in [-0.39, 0.29) is 16.9 Å². The van der Waals surface area contributed by atoms with Gasteiger partial charge in [-0.15, -0.1) is 0 Å². The van der Waals surface area contributed by atoms with Crippen LogP contribution in [0.25, 0.3) is 0 Å². The molecule has 74 valence electrons. The average Bonchev–Trinajstić information content (AvgIpc) is 2.44. The maximum atomic E-state index is 10.9. The summed E-state index contributed by atoms with van der Waals surface area (Å²) in [6.07, 6.45) is 0.760. The zero-order valence-corrected chi connectivity index (χ0v) is 9.45. The number of fused-ring (bicyclic) bond motifs is 1. The molecule has 0 saturated carbocycles. The lowest BCUT2D eigenvalue weighted by Crippen LogP contribution is -2.17. The number of alkyl halides is 1. The van der Waals surface area contributed by atoms with E-state index < -0.39 is 0 Å². The van der Waals surface area contributed by atoms with Gasteiger partial charge in [-0.3, -0.25) is 4.79 Å². The van der Waals surface area contributed by atoms with Crippen molar-refractivity contribution >= 4 is 21.9 Å². The summed E-state index contributed by atoms with van der Waals surface area (Å²) in [5, 5.41) is 0. The Labute approximate surface area is 91.4 Å². The largest absolute Gasteiger partial charge is 0.461 e. The van der Waals surface area contributed by atoms with Crippen molar-refractivity contribution in [3.05, 3.63) is 35.4 Å². The first-order valence-corrected chi connectivity index (χ1v) is 5.49. The third kappa shape index (κ3) is 1.69. The molecule has 3 heteroatoms. The molecule has 0 fully saturated rings. The molecule has 0 amide bonds. The number of hydrogen-bond donors (Lipinski definition) is 0.